The zero-order valence-corrected chi connectivity index (χ0v) is 13.5. The minimum Gasteiger partial charge on any atom is -0.382 e. The van der Waals surface area contributed by atoms with Crippen molar-refractivity contribution in [3.8, 4) is 0 Å². The second kappa shape index (κ2) is 6.45. The van der Waals surface area contributed by atoms with Crippen molar-refractivity contribution < 1.29 is 13.2 Å². The zero-order valence-electron chi connectivity index (χ0n) is 12.7. The van der Waals surface area contributed by atoms with Crippen LogP contribution in [0.4, 0.5) is 11.4 Å². The fourth-order valence-electron chi connectivity index (χ4n) is 2.00. The molecule has 0 aliphatic rings. The maximum Gasteiger partial charge on any atom is 0.229 e. The van der Waals surface area contributed by atoms with E-state index in [9.17, 15) is 8.42 Å². The first-order valence-corrected chi connectivity index (χ1v) is 8.40. The maximum atomic E-state index is 11.1. The quantitative estimate of drug-likeness (QED) is 0.812. The number of methoxy groups -OCH3 is 1. The first-order chi connectivity index (χ1) is 9.11. The topological polar surface area (TPSA) is 67.4 Å². The third kappa shape index (κ3) is 6.25. The summed E-state index contributed by atoms with van der Waals surface area (Å²) in [5.74, 6) is 0. The van der Waals surface area contributed by atoms with Crippen molar-refractivity contribution in [2.75, 3.05) is 23.4 Å². The molecule has 0 saturated heterocycles. The van der Waals surface area contributed by atoms with Gasteiger partial charge in [0.25, 0.3) is 0 Å². The van der Waals surface area contributed by atoms with Gasteiger partial charge < -0.3 is 10.1 Å². The van der Waals surface area contributed by atoms with Crippen LogP contribution in [0.5, 0.6) is 0 Å². The summed E-state index contributed by atoms with van der Waals surface area (Å²) in [6, 6.07) is 7.42. The largest absolute Gasteiger partial charge is 0.382 e. The van der Waals surface area contributed by atoms with E-state index >= 15 is 0 Å². The van der Waals surface area contributed by atoms with Gasteiger partial charge in [-0.15, -0.1) is 0 Å². The standard InChI is InChI=1S/C14H24N2O3S/c1-11(10-14(2,3)19-4)15-12-6-8-13(9-7-12)16-20(5,17)18/h6-9,11,15-16H,10H2,1-5H3. The van der Waals surface area contributed by atoms with Gasteiger partial charge in [0, 0.05) is 24.5 Å². The lowest BCUT2D eigenvalue weighted by Gasteiger charge is -2.27. The van der Waals surface area contributed by atoms with Crippen molar-refractivity contribution in [3.63, 3.8) is 0 Å². The predicted octanol–water partition coefficient (Wildman–Crippen LogP) is 2.67. The second-order valence-corrected chi connectivity index (χ2v) is 7.41. The molecule has 1 atom stereocenters. The molecule has 20 heavy (non-hydrogen) atoms. The molecule has 5 nitrogen and oxygen atoms in total. The van der Waals surface area contributed by atoms with Crippen LogP contribution in [0.25, 0.3) is 0 Å². The Morgan fingerprint density at radius 1 is 1.20 bits per heavy atom. The van der Waals surface area contributed by atoms with Crippen molar-refractivity contribution in [1.82, 2.24) is 0 Å². The van der Waals surface area contributed by atoms with Gasteiger partial charge in [-0.05, 0) is 51.5 Å². The number of rotatable bonds is 7. The molecule has 0 radical (unpaired) electrons. The Morgan fingerprint density at radius 2 is 1.70 bits per heavy atom. The number of sulfonamides is 1. The van der Waals surface area contributed by atoms with Crippen LogP contribution in [0.15, 0.2) is 24.3 Å². The van der Waals surface area contributed by atoms with Crippen molar-refractivity contribution in [3.05, 3.63) is 24.3 Å². The van der Waals surface area contributed by atoms with E-state index in [1.807, 2.05) is 26.0 Å². The second-order valence-electron chi connectivity index (χ2n) is 5.66. The SMILES string of the molecule is COC(C)(C)CC(C)Nc1ccc(NS(C)(=O)=O)cc1. The van der Waals surface area contributed by atoms with Gasteiger partial charge in [0.15, 0.2) is 0 Å². The van der Waals surface area contributed by atoms with Crippen molar-refractivity contribution >= 4 is 21.4 Å². The van der Waals surface area contributed by atoms with Crippen LogP contribution in [-0.2, 0) is 14.8 Å². The number of anilines is 2. The smallest absolute Gasteiger partial charge is 0.229 e. The van der Waals surface area contributed by atoms with Crippen molar-refractivity contribution in [2.45, 2.75) is 38.8 Å². The Kier molecular flexibility index (Phi) is 5.42. The fourth-order valence-corrected chi connectivity index (χ4v) is 2.57. The Hall–Kier alpha value is -1.27. The summed E-state index contributed by atoms with van der Waals surface area (Å²) in [5, 5.41) is 3.37. The summed E-state index contributed by atoms with van der Waals surface area (Å²) in [7, 11) is -1.52. The highest BCUT2D eigenvalue weighted by Crippen LogP contribution is 2.20. The van der Waals surface area contributed by atoms with E-state index in [1.165, 1.54) is 0 Å². The summed E-state index contributed by atoms with van der Waals surface area (Å²) in [4.78, 5) is 0. The van der Waals surface area contributed by atoms with Crippen LogP contribution in [0, 0.1) is 0 Å². The lowest BCUT2D eigenvalue weighted by molar-refractivity contribution is 0.0128. The van der Waals surface area contributed by atoms with E-state index in [0.29, 0.717) is 5.69 Å². The number of hydrogen-bond acceptors (Lipinski definition) is 4. The molecular formula is C14H24N2O3S. The Labute approximate surface area is 121 Å². The van der Waals surface area contributed by atoms with Gasteiger partial charge in [0.1, 0.15) is 0 Å². The Balaban J connectivity index is 2.61. The molecule has 1 unspecified atom stereocenters. The summed E-state index contributed by atoms with van der Waals surface area (Å²) < 4.78 is 30.1. The van der Waals surface area contributed by atoms with Crippen LogP contribution >= 0.6 is 0 Å². The van der Waals surface area contributed by atoms with Crippen molar-refractivity contribution in [2.24, 2.45) is 0 Å². The van der Waals surface area contributed by atoms with E-state index in [4.69, 9.17) is 4.74 Å². The molecule has 0 amide bonds. The monoisotopic (exact) mass is 300 g/mol. The molecule has 0 aromatic heterocycles. The van der Waals surface area contributed by atoms with Gasteiger partial charge in [-0.1, -0.05) is 0 Å². The molecule has 114 valence electrons. The first-order valence-electron chi connectivity index (χ1n) is 6.51. The van der Waals surface area contributed by atoms with E-state index < -0.39 is 10.0 Å². The van der Waals surface area contributed by atoms with Gasteiger partial charge in [-0.3, -0.25) is 4.72 Å². The van der Waals surface area contributed by atoms with Crippen LogP contribution in [0.2, 0.25) is 0 Å². The first kappa shape index (κ1) is 16.8. The fraction of sp³-hybridized carbons (Fsp3) is 0.571. The number of benzene rings is 1. The Morgan fingerprint density at radius 3 is 2.15 bits per heavy atom. The van der Waals surface area contributed by atoms with E-state index in [-0.39, 0.29) is 11.6 Å². The summed E-state index contributed by atoms with van der Waals surface area (Å²) >= 11 is 0. The molecule has 0 aliphatic heterocycles. The van der Waals surface area contributed by atoms with Gasteiger partial charge in [0.05, 0.1) is 11.9 Å². The maximum absolute atomic E-state index is 11.1. The van der Waals surface area contributed by atoms with E-state index in [0.717, 1.165) is 18.4 Å². The molecule has 0 aliphatic carbocycles. The predicted molar refractivity (Wildman–Crippen MR) is 83.7 cm³/mol. The van der Waals surface area contributed by atoms with Crippen LogP contribution in [0.1, 0.15) is 27.2 Å². The third-order valence-electron chi connectivity index (χ3n) is 2.95. The van der Waals surface area contributed by atoms with Crippen LogP contribution in [0.3, 0.4) is 0 Å². The third-order valence-corrected chi connectivity index (χ3v) is 3.56. The van der Waals surface area contributed by atoms with Gasteiger partial charge in [-0.25, -0.2) is 8.42 Å². The lowest BCUT2D eigenvalue weighted by atomic mass is 10.00. The molecule has 1 aromatic rings. The highest BCUT2D eigenvalue weighted by atomic mass is 32.2. The average Bonchev–Trinajstić information content (AvgIpc) is 2.29. The van der Waals surface area contributed by atoms with Crippen LogP contribution in [-0.4, -0.2) is 33.4 Å². The van der Waals surface area contributed by atoms with Gasteiger partial charge in [0.2, 0.25) is 10.0 Å². The molecule has 0 spiro atoms. The summed E-state index contributed by atoms with van der Waals surface area (Å²) in [5.41, 5.74) is 1.33. The average molecular weight is 300 g/mol. The molecular weight excluding hydrogens is 276 g/mol. The number of ether oxygens (including phenoxy) is 1. The van der Waals surface area contributed by atoms with E-state index in [1.54, 1.807) is 19.2 Å². The molecule has 0 saturated carbocycles. The number of nitrogens with one attached hydrogen (secondary N) is 2. The summed E-state index contributed by atoms with van der Waals surface area (Å²) in [6.45, 7) is 6.18. The molecule has 6 heteroatoms. The lowest BCUT2D eigenvalue weighted by Crippen LogP contribution is -2.31. The van der Waals surface area contributed by atoms with Gasteiger partial charge >= 0.3 is 0 Å². The molecule has 1 rings (SSSR count). The van der Waals surface area contributed by atoms with Crippen LogP contribution < -0.4 is 10.0 Å². The molecule has 0 fully saturated rings. The molecule has 0 bridgehead atoms. The minimum absolute atomic E-state index is 0.176. The Bertz CT molecular complexity index is 524. The highest BCUT2D eigenvalue weighted by Gasteiger charge is 2.19. The zero-order chi connectivity index (χ0) is 15.4. The van der Waals surface area contributed by atoms with Gasteiger partial charge in [-0.2, -0.15) is 0 Å². The van der Waals surface area contributed by atoms with E-state index in [2.05, 4.69) is 17.0 Å². The summed E-state index contributed by atoms with van der Waals surface area (Å²) in [6.07, 6.45) is 2.00. The van der Waals surface area contributed by atoms with Crippen molar-refractivity contribution in [1.29, 1.82) is 0 Å². The molecule has 1 aromatic carbocycles. The highest BCUT2D eigenvalue weighted by molar-refractivity contribution is 7.92. The molecule has 2 N–H and O–H groups in total. The normalized spacial score (nSPS) is 13.8. The number of hydrogen-bond donors (Lipinski definition) is 2. The minimum atomic E-state index is -3.23. The molecule has 0 heterocycles.